The standard InChI is InChI=1S/C13H19N3O2/c1-9-2-3-12(11(14)6-9)15-13(18)8-16-5-4-10(17)7-16/h2-3,6,10,17H,4-5,7-8,14H2,1H3,(H,15,18). The molecule has 1 amide bonds. The van der Waals surface area contributed by atoms with Gasteiger partial charge < -0.3 is 16.2 Å². The molecule has 0 bridgehead atoms. The average molecular weight is 249 g/mol. The Labute approximate surface area is 107 Å². The van der Waals surface area contributed by atoms with Gasteiger partial charge in [-0.05, 0) is 31.0 Å². The molecule has 1 aromatic carbocycles. The first-order chi connectivity index (χ1) is 8.54. The predicted molar refractivity (Wildman–Crippen MR) is 71.3 cm³/mol. The minimum Gasteiger partial charge on any atom is -0.397 e. The van der Waals surface area contributed by atoms with Crippen molar-refractivity contribution in [1.29, 1.82) is 0 Å². The maximum absolute atomic E-state index is 11.8. The van der Waals surface area contributed by atoms with Crippen LogP contribution in [0, 0.1) is 6.92 Å². The topological polar surface area (TPSA) is 78.6 Å². The summed E-state index contributed by atoms with van der Waals surface area (Å²) in [5, 5.41) is 12.2. The molecule has 4 N–H and O–H groups in total. The Bertz CT molecular complexity index is 448. The number of rotatable bonds is 3. The molecule has 1 unspecified atom stereocenters. The molecule has 18 heavy (non-hydrogen) atoms. The number of hydrogen-bond acceptors (Lipinski definition) is 4. The molecular formula is C13H19N3O2. The summed E-state index contributed by atoms with van der Waals surface area (Å²) >= 11 is 0. The van der Waals surface area contributed by atoms with Crippen molar-refractivity contribution in [3.63, 3.8) is 0 Å². The van der Waals surface area contributed by atoms with Crippen LogP contribution in [-0.2, 0) is 4.79 Å². The fourth-order valence-corrected chi connectivity index (χ4v) is 2.14. The van der Waals surface area contributed by atoms with E-state index < -0.39 is 0 Å². The lowest BCUT2D eigenvalue weighted by Gasteiger charge is -2.15. The first kappa shape index (κ1) is 12.9. The Morgan fingerprint density at radius 2 is 2.39 bits per heavy atom. The van der Waals surface area contributed by atoms with Crippen LogP contribution in [0.25, 0.3) is 0 Å². The molecule has 0 aromatic heterocycles. The first-order valence-corrected chi connectivity index (χ1v) is 6.11. The van der Waals surface area contributed by atoms with Gasteiger partial charge in [0.05, 0.1) is 24.0 Å². The van der Waals surface area contributed by atoms with Gasteiger partial charge in [0.2, 0.25) is 5.91 Å². The fraction of sp³-hybridized carbons (Fsp3) is 0.462. The summed E-state index contributed by atoms with van der Waals surface area (Å²) < 4.78 is 0. The fourth-order valence-electron chi connectivity index (χ4n) is 2.14. The minimum atomic E-state index is -0.303. The molecule has 5 heteroatoms. The number of likely N-dealkylation sites (tertiary alicyclic amines) is 1. The summed E-state index contributed by atoms with van der Waals surface area (Å²) in [5.74, 6) is -0.0975. The molecule has 0 saturated carbocycles. The highest BCUT2D eigenvalue weighted by atomic mass is 16.3. The van der Waals surface area contributed by atoms with Gasteiger partial charge in [-0.1, -0.05) is 6.07 Å². The van der Waals surface area contributed by atoms with Crippen molar-refractivity contribution in [3.8, 4) is 0 Å². The smallest absolute Gasteiger partial charge is 0.238 e. The number of anilines is 2. The Balaban J connectivity index is 1.91. The number of nitrogens with one attached hydrogen (secondary N) is 1. The van der Waals surface area contributed by atoms with E-state index in [0.29, 0.717) is 24.5 Å². The zero-order valence-electron chi connectivity index (χ0n) is 10.5. The molecule has 1 atom stereocenters. The zero-order chi connectivity index (χ0) is 13.1. The number of carbonyl (C=O) groups excluding carboxylic acids is 1. The highest BCUT2D eigenvalue weighted by molar-refractivity contribution is 5.95. The maximum Gasteiger partial charge on any atom is 0.238 e. The molecule has 1 heterocycles. The van der Waals surface area contributed by atoms with Crippen molar-refractivity contribution in [3.05, 3.63) is 23.8 Å². The number of nitrogen functional groups attached to an aromatic ring is 1. The van der Waals surface area contributed by atoms with Crippen molar-refractivity contribution in [2.24, 2.45) is 0 Å². The second-order valence-corrected chi connectivity index (χ2v) is 4.82. The van der Waals surface area contributed by atoms with Crippen molar-refractivity contribution < 1.29 is 9.90 Å². The highest BCUT2D eigenvalue weighted by Crippen LogP contribution is 2.19. The number of carbonyl (C=O) groups is 1. The SMILES string of the molecule is Cc1ccc(NC(=O)CN2CCC(O)C2)c(N)c1. The first-order valence-electron chi connectivity index (χ1n) is 6.11. The molecule has 1 fully saturated rings. The predicted octanol–water partition coefficient (Wildman–Crippen LogP) is 0.582. The van der Waals surface area contributed by atoms with Crippen LogP contribution in [0.5, 0.6) is 0 Å². The van der Waals surface area contributed by atoms with Gasteiger partial charge in [0.25, 0.3) is 0 Å². The van der Waals surface area contributed by atoms with Gasteiger partial charge in [-0.3, -0.25) is 9.69 Å². The van der Waals surface area contributed by atoms with Gasteiger partial charge in [-0.15, -0.1) is 0 Å². The second kappa shape index (κ2) is 5.37. The Hall–Kier alpha value is -1.59. The summed E-state index contributed by atoms with van der Waals surface area (Å²) in [4.78, 5) is 13.8. The summed E-state index contributed by atoms with van der Waals surface area (Å²) in [6.45, 7) is 3.58. The molecule has 1 saturated heterocycles. The molecule has 2 rings (SSSR count). The molecule has 0 radical (unpaired) electrons. The minimum absolute atomic E-state index is 0.0975. The van der Waals surface area contributed by atoms with Crippen molar-refractivity contribution in [2.45, 2.75) is 19.4 Å². The molecule has 1 aromatic rings. The van der Waals surface area contributed by atoms with E-state index in [0.717, 1.165) is 18.5 Å². The summed E-state index contributed by atoms with van der Waals surface area (Å²) in [6, 6.07) is 5.54. The van der Waals surface area contributed by atoms with Crippen LogP contribution < -0.4 is 11.1 Å². The third-order valence-corrected chi connectivity index (χ3v) is 3.10. The Kier molecular flexibility index (Phi) is 3.84. The molecule has 1 aliphatic heterocycles. The van der Waals surface area contributed by atoms with E-state index in [1.165, 1.54) is 0 Å². The lowest BCUT2D eigenvalue weighted by molar-refractivity contribution is -0.117. The van der Waals surface area contributed by atoms with Gasteiger partial charge in [-0.25, -0.2) is 0 Å². The van der Waals surface area contributed by atoms with Crippen LogP contribution in [0.1, 0.15) is 12.0 Å². The normalized spacial score (nSPS) is 20.0. The number of aryl methyl sites for hydroxylation is 1. The molecule has 1 aliphatic rings. The van der Waals surface area contributed by atoms with Gasteiger partial charge in [0.1, 0.15) is 0 Å². The molecule has 0 aliphatic carbocycles. The van der Waals surface area contributed by atoms with E-state index >= 15 is 0 Å². The number of aliphatic hydroxyl groups is 1. The quantitative estimate of drug-likeness (QED) is 0.685. The third-order valence-electron chi connectivity index (χ3n) is 3.10. The average Bonchev–Trinajstić information content (AvgIpc) is 2.68. The number of aliphatic hydroxyl groups excluding tert-OH is 1. The molecule has 0 spiro atoms. The number of amides is 1. The third kappa shape index (κ3) is 3.21. The van der Waals surface area contributed by atoms with Gasteiger partial charge in [-0.2, -0.15) is 0 Å². The second-order valence-electron chi connectivity index (χ2n) is 4.82. The molecule has 98 valence electrons. The van der Waals surface area contributed by atoms with E-state index in [1.807, 2.05) is 24.0 Å². The van der Waals surface area contributed by atoms with E-state index in [4.69, 9.17) is 5.73 Å². The lowest BCUT2D eigenvalue weighted by Crippen LogP contribution is -2.32. The van der Waals surface area contributed by atoms with Crippen LogP contribution in [0.15, 0.2) is 18.2 Å². The number of nitrogens with zero attached hydrogens (tertiary/aromatic N) is 1. The Morgan fingerprint density at radius 1 is 1.61 bits per heavy atom. The molecule has 5 nitrogen and oxygen atoms in total. The van der Waals surface area contributed by atoms with Crippen LogP contribution >= 0.6 is 0 Å². The van der Waals surface area contributed by atoms with Crippen LogP contribution in [0.4, 0.5) is 11.4 Å². The molecular weight excluding hydrogens is 230 g/mol. The Morgan fingerprint density at radius 3 is 3.00 bits per heavy atom. The highest BCUT2D eigenvalue weighted by Gasteiger charge is 2.22. The van der Waals surface area contributed by atoms with Crippen LogP contribution in [0.3, 0.4) is 0 Å². The van der Waals surface area contributed by atoms with Gasteiger partial charge in [0.15, 0.2) is 0 Å². The number of β-amino-alcohol motifs (C(OH)–C–C–N with tert-alkyl or cyclic N) is 1. The van der Waals surface area contributed by atoms with Gasteiger partial charge >= 0.3 is 0 Å². The van der Waals surface area contributed by atoms with Crippen molar-refractivity contribution in [2.75, 3.05) is 30.7 Å². The van der Waals surface area contributed by atoms with E-state index in [1.54, 1.807) is 6.07 Å². The van der Waals surface area contributed by atoms with Crippen molar-refractivity contribution in [1.82, 2.24) is 4.90 Å². The van der Waals surface area contributed by atoms with E-state index in [-0.39, 0.29) is 12.0 Å². The lowest BCUT2D eigenvalue weighted by atomic mass is 10.2. The number of nitrogens with two attached hydrogens (primary N) is 1. The monoisotopic (exact) mass is 249 g/mol. The summed E-state index contributed by atoms with van der Waals surface area (Å²) in [6.07, 6.45) is 0.433. The van der Waals surface area contributed by atoms with Crippen LogP contribution in [0.2, 0.25) is 0 Å². The van der Waals surface area contributed by atoms with Gasteiger partial charge in [0, 0.05) is 13.1 Å². The van der Waals surface area contributed by atoms with E-state index in [9.17, 15) is 9.90 Å². The number of hydrogen-bond donors (Lipinski definition) is 3. The summed E-state index contributed by atoms with van der Waals surface area (Å²) in [5.41, 5.74) is 8.11. The maximum atomic E-state index is 11.8. The number of benzene rings is 1. The van der Waals surface area contributed by atoms with Crippen LogP contribution in [-0.4, -0.2) is 41.7 Å². The zero-order valence-corrected chi connectivity index (χ0v) is 10.5. The largest absolute Gasteiger partial charge is 0.397 e. The summed E-state index contributed by atoms with van der Waals surface area (Å²) in [7, 11) is 0. The van der Waals surface area contributed by atoms with Crippen molar-refractivity contribution >= 4 is 17.3 Å². The van der Waals surface area contributed by atoms with E-state index in [2.05, 4.69) is 5.32 Å².